The normalized spacial score (nSPS) is 19.7. The number of aliphatic hydroxyl groups is 1. The monoisotopic (exact) mass is 235 g/mol. The number of hydrogen-bond donors (Lipinski definition) is 2. The van der Waals surface area contributed by atoms with Gasteiger partial charge in [-0.3, -0.25) is 9.78 Å². The van der Waals surface area contributed by atoms with Crippen molar-refractivity contribution >= 4 is 11.6 Å². The maximum absolute atomic E-state index is 11.6. The molecule has 0 radical (unpaired) electrons. The van der Waals surface area contributed by atoms with E-state index in [9.17, 15) is 4.79 Å². The summed E-state index contributed by atoms with van der Waals surface area (Å²) >= 11 is 0. The van der Waals surface area contributed by atoms with Gasteiger partial charge in [0.05, 0.1) is 0 Å². The lowest BCUT2D eigenvalue weighted by molar-refractivity contribution is -0.127. The minimum absolute atomic E-state index is 0.0972. The molecule has 1 aliphatic rings. The Hall–Kier alpha value is -1.62. The Morgan fingerprint density at radius 1 is 1.47 bits per heavy atom. The Morgan fingerprint density at radius 2 is 2.24 bits per heavy atom. The zero-order valence-electron chi connectivity index (χ0n) is 9.67. The number of aromatic nitrogens is 1. The number of carbonyl (C=O) groups excluding carboxylic acids is 1. The Balaban J connectivity index is 1.74. The molecule has 1 aromatic rings. The minimum Gasteiger partial charge on any atom is -0.396 e. The van der Waals surface area contributed by atoms with E-state index >= 15 is 0 Å². The zero-order chi connectivity index (χ0) is 12.1. The molecule has 17 heavy (non-hydrogen) atoms. The fraction of sp³-hybridized carbons (Fsp3) is 0.500. The smallest absolute Gasteiger partial charge is 0.223 e. The third-order valence-corrected chi connectivity index (χ3v) is 2.94. The van der Waals surface area contributed by atoms with E-state index in [4.69, 9.17) is 5.11 Å². The van der Waals surface area contributed by atoms with Gasteiger partial charge in [-0.15, -0.1) is 0 Å². The summed E-state index contributed by atoms with van der Waals surface area (Å²) in [4.78, 5) is 17.3. The van der Waals surface area contributed by atoms with Gasteiger partial charge in [-0.05, 0) is 12.1 Å². The molecule has 5 nitrogen and oxygen atoms in total. The Kier molecular flexibility index (Phi) is 3.93. The summed E-state index contributed by atoms with van der Waals surface area (Å²) in [5, 5.41) is 12.2. The van der Waals surface area contributed by atoms with E-state index in [1.807, 2.05) is 12.1 Å². The zero-order valence-corrected chi connectivity index (χ0v) is 9.67. The van der Waals surface area contributed by atoms with Crippen molar-refractivity contribution in [1.29, 1.82) is 0 Å². The van der Waals surface area contributed by atoms with Gasteiger partial charge < -0.3 is 15.3 Å². The first-order valence-corrected chi connectivity index (χ1v) is 5.82. The second-order valence-electron chi connectivity index (χ2n) is 4.26. The number of carbonyl (C=O) groups is 1. The fourth-order valence-electron chi connectivity index (χ4n) is 2.00. The number of aliphatic hydroxyl groups excluding tert-OH is 1. The number of hydrogen-bond acceptors (Lipinski definition) is 4. The van der Waals surface area contributed by atoms with Crippen LogP contribution < -0.4 is 5.32 Å². The van der Waals surface area contributed by atoms with E-state index in [2.05, 4.69) is 10.3 Å². The number of anilines is 1. The van der Waals surface area contributed by atoms with Gasteiger partial charge in [-0.2, -0.15) is 0 Å². The molecule has 0 saturated carbocycles. The molecule has 1 fully saturated rings. The van der Waals surface area contributed by atoms with E-state index in [0.717, 1.165) is 5.69 Å². The molecular weight excluding hydrogens is 218 g/mol. The topological polar surface area (TPSA) is 65.5 Å². The summed E-state index contributed by atoms with van der Waals surface area (Å²) in [6.07, 6.45) is 3.93. The molecule has 0 aliphatic carbocycles. The lowest BCUT2D eigenvalue weighted by Gasteiger charge is -2.16. The van der Waals surface area contributed by atoms with Gasteiger partial charge in [0, 0.05) is 56.7 Å². The third-order valence-electron chi connectivity index (χ3n) is 2.94. The molecule has 1 unspecified atom stereocenters. The van der Waals surface area contributed by atoms with Crippen molar-refractivity contribution in [3.63, 3.8) is 0 Å². The van der Waals surface area contributed by atoms with Crippen LogP contribution in [0.1, 0.15) is 6.42 Å². The van der Waals surface area contributed by atoms with E-state index < -0.39 is 0 Å². The van der Waals surface area contributed by atoms with Crippen LogP contribution in [-0.2, 0) is 4.79 Å². The predicted octanol–water partition coefficient (Wildman–Crippen LogP) is 0.334. The highest BCUT2D eigenvalue weighted by Crippen LogP contribution is 2.16. The van der Waals surface area contributed by atoms with Crippen molar-refractivity contribution in [2.45, 2.75) is 6.42 Å². The van der Waals surface area contributed by atoms with Crippen LogP contribution in [0.2, 0.25) is 0 Å². The van der Waals surface area contributed by atoms with Gasteiger partial charge in [-0.25, -0.2) is 0 Å². The number of nitrogens with one attached hydrogen (secondary N) is 1. The molecule has 1 atom stereocenters. The molecule has 0 aromatic carbocycles. The van der Waals surface area contributed by atoms with Crippen molar-refractivity contribution in [2.24, 2.45) is 5.92 Å². The highest BCUT2D eigenvalue weighted by atomic mass is 16.3. The Morgan fingerprint density at radius 3 is 2.88 bits per heavy atom. The van der Waals surface area contributed by atoms with Crippen LogP contribution in [0, 0.1) is 5.92 Å². The molecular formula is C12H17N3O2. The molecule has 1 saturated heterocycles. The summed E-state index contributed by atoms with van der Waals surface area (Å²) < 4.78 is 0. The third kappa shape index (κ3) is 3.17. The maximum atomic E-state index is 11.6. The van der Waals surface area contributed by atoms with Crippen molar-refractivity contribution in [3.05, 3.63) is 24.5 Å². The van der Waals surface area contributed by atoms with E-state index in [1.165, 1.54) is 0 Å². The van der Waals surface area contributed by atoms with Crippen molar-refractivity contribution in [1.82, 2.24) is 9.88 Å². The van der Waals surface area contributed by atoms with E-state index in [-0.39, 0.29) is 18.4 Å². The molecule has 0 spiro atoms. The van der Waals surface area contributed by atoms with Gasteiger partial charge >= 0.3 is 0 Å². The van der Waals surface area contributed by atoms with Crippen LogP contribution in [-0.4, -0.2) is 47.1 Å². The number of pyridine rings is 1. The average molecular weight is 235 g/mol. The van der Waals surface area contributed by atoms with E-state index in [1.54, 1.807) is 17.3 Å². The van der Waals surface area contributed by atoms with Gasteiger partial charge in [0.2, 0.25) is 5.91 Å². The second-order valence-corrected chi connectivity index (χ2v) is 4.26. The van der Waals surface area contributed by atoms with Crippen LogP contribution in [0.4, 0.5) is 5.69 Å². The number of nitrogens with zero attached hydrogens (tertiary/aromatic N) is 2. The van der Waals surface area contributed by atoms with Crippen molar-refractivity contribution in [2.75, 3.05) is 31.6 Å². The lowest BCUT2D eigenvalue weighted by atomic mass is 10.1. The first-order valence-electron chi connectivity index (χ1n) is 5.82. The SMILES string of the molecule is O=C1CC(CO)CN1CCNc1ccncc1. The van der Waals surface area contributed by atoms with Gasteiger partial charge in [0.25, 0.3) is 0 Å². The standard InChI is InChI=1S/C12H17N3O2/c16-9-10-7-12(17)15(8-10)6-5-14-11-1-3-13-4-2-11/h1-4,10,16H,5-9H2,(H,13,14). The molecule has 2 rings (SSSR count). The van der Waals surface area contributed by atoms with Gasteiger partial charge in [0.15, 0.2) is 0 Å². The summed E-state index contributed by atoms with van der Waals surface area (Å²) in [6.45, 7) is 2.17. The highest BCUT2D eigenvalue weighted by Gasteiger charge is 2.28. The molecule has 0 bridgehead atoms. The first-order chi connectivity index (χ1) is 8.29. The Bertz CT molecular complexity index is 369. The summed E-state index contributed by atoms with van der Waals surface area (Å²) in [6, 6.07) is 3.78. The van der Waals surface area contributed by atoms with Crippen LogP contribution in [0.5, 0.6) is 0 Å². The van der Waals surface area contributed by atoms with Crippen LogP contribution >= 0.6 is 0 Å². The summed E-state index contributed by atoms with van der Waals surface area (Å²) in [5.41, 5.74) is 1.00. The highest BCUT2D eigenvalue weighted by molar-refractivity contribution is 5.78. The molecule has 2 N–H and O–H groups in total. The average Bonchev–Trinajstić information content (AvgIpc) is 2.72. The van der Waals surface area contributed by atoms with Crippen LogP contribution in [0.25, 0.3) is 0 Å². The first kappa shape index (κ1) is 11.9. The van der Waals surface area contributed by atoms with Gasteiger partial charge in [-0.1, -0.05) is 0 Å². The molecule has 1 aromatic heterocycles. The quantitative estimate of drug-likeness (QED) is 0.772. The fourth-order valence-corrected chi connectivity index (χ4v) is 2.00. The van der Waals surface area contributed by atoms with E-state index in [0.29, 0.717) is 26.1 Å². The molecule has 2 heterocycles. The number of rotatable bonds is 5. The summed E-state index contributed by atoms with van der Waals surface area (Å²) in [7, 11) is 0. The minimum atomic E-state index is 0.0972. The molecule has 5 heteroatoms. The predicted molar refractivity (Wildman–Crippen MR) is 64.5 cm³/mol. The molecule has 92 valence electrons. The number of likely N-dealkylation sites (tertiary alicyclic amines) is 1. The largest absolute Gasteiger partial charge is 0.396 e. The Labute approximate surface area is 100 Å². The molecule has 1 aliphatic heterocycles. The van der Waals surface area contributed by atoms with Gasteiger partial charge in [0.1, 0.15) is 0 Å². The number of amides is 1. The maximum Gasteiger partial charge on any atom is 0.223 e. The van der Waals surface area contributed by atoms with Crippen molar-refractivity contribution < 1.29 is 9.90 Å². The summed E-state index contributed by atoms with van der Waals surface area (Å²) in [5.74, 6) is 0.254. The van der Waals surface area contributed by atoms with Crippen molar-refractivity contribution in [3.8, 4) is 0 Å². The van der Waals surface area contributed by atoms with Crippen LogP contribution in [0.15, 0.2) is 24.5 Å². The second kappa shape index (κ2) is 5.63. The molecule has 1 amide bonds. The lowest BCUT2D eigenvalue weighted by Crippen LogP contribution is -2.30. The van der Waals surface area contributed by atoms with Crippen LogP contribution in [0.3, 0.4) is 0 Å².